The molecule has 1 amide bonds. The largest absolute Gasteiger partial charge is 0.396 e. The minimum absolute atomic E-state index is 0.0304. The van der Waals surface area contributed by atoms with Crippen molar-refractivity contribution in [2.24, 2.45) is 5.41 Å². The Morgan fingerprint density at radius 3 is 2.69 bits per heavy atom. The van der Waals surface area contributed by atoms with Gasteiger partial charge in [-0.1, -0.05) is 35.5 Å². The van der Waals surface area contributed by atoms with Crippen LogP contribution < -0.4 is 0 Å². The van der Waals surface area contributed by atoms with Gasteiger partial charge in [-0.2, -0.15) is 0 Å². The Bertz CT molecular complexity index is 739. The van der Waals surface area contributed by atoms with Gasteiger partial charge in [0.05, 0.1) is 24.8 Å². The maximum atomic E-state index is 12.8. The third-order valence-corrected chi connectivity index (χ3v) is 5.46. The zero-order valence-electron chi connectivity index (χ0n) is 15.3. The van der Waals surface area contributed by atoms with E-state index in [-0.39, 0.29) is 18.9 Å². The van der Waals surface area contributed by atoms with Gasteiger partial charge < -0.3 is 19.6 Å². The number of nitrogens with zero attached hydrogens (tertiary/aromatic N) is 2. The van der Waals surface area contributed by atoms with Crippen LogP contribution in [0.2, 0.25) is 0 Å². The van der Waals surface area contributed by atoms with Gasteiger partial charge in [-0.25, -0.2) is 0 Å². The number of rotatable bonds is 5. The highest BCUT2D eigenvalue weighted by Gasteiger charge is 2.43. The third kappa shape index (κ3) is 3.66. The molecule has 1 aliphatic rings. The molecule has 1 aromatic carbocycles. The Morgan fingerprint density at radius 2 is 2.08 bits per heavy atom. The molecule has 3 rings (SSSR count). The van der Waals surface area contributed by atoms with Gasteiger partial charge in [0.15, 0.2) is 0 Å². The number of aliphatic hydroxyl groups is 2. The first kappa shape index (κ1) is 18.6. The molecule has 0 unspecified atom stereocenters. The lowest BCUT2D eigenvalue weighted by molar-refractivity contribution is -0.141. The minimum atomic E-state index is -0.742. The van der Waals surface area contributed by atoms with E-state index in [1.807, 2.05) is 37.3 Å². The predicted octanol–water partition coefficient (Wildman–Crippen LogP) is 1.65. The van der Waals surface area contributed by atoms with Gasteiger partial charge in [0.2, 0.25) is 5.91 Å². The highest BCUT2D eigenvalue weighted by atomic mass is 16.5. The summed E-state index contributed by atoms with van der Waals surface area (Å²) in [4.78, 5) is 14.6. The van der Waals surface area contributed by atoms with E-state index in [1.54, 1.807) is 11.8 Å². The number of piperidine rings is 1. The van der Waals surface area contributed by atoms with Gasteiger partial charge in [0, 0.05) is 24.1 Å². The van der Waals surface area contributed by atoms with E-state index in [2.05, 4.69) is 5.16 Å². The van der Waals surface area contributed by atoms with Crippen molar-refractivity contribution in [3.63, 3.8) is 0 Å². The predicted molar refractivity (Wildman–Crippen MR) is 96.5 cm³/mol. The Morgan fingerprint density at radius 1 is 1.35 bits per heavy atom. The van der Waals surface area contributed by atoms with Crippen LogP contribution in [-0.2, 0) is 17.6 Å². The van der Waals surface area contributed by atoms with Crippen LogP contribution in [0.5, 0.6) is 0 Å². The van der Waals surface area contributed by atoms with Crippen molar-refractivity contribution in [3.8, 4) is 0 Å². The molecule has 0 radical (unpaired) electrons. The van der Waals surface area contributed by atoms with Gasteiger partial charge in [0.1, 0.15) is 5.76 Å². The number of likely N-dealkylation sites (tertiary alicyclic amines) is 1. The standard InChI is InChI=1S/C20H26N2O4/c1-14-17(15(2)26-21-14)10-19(25)22-9-8-18(24)20(12-22,13-23)11-16-6-4-3-5-7-16/h3-7,18,23-24H,8-13H2,1-2H3/t18-,20+/m1/s1. The third-order valence-electron chi connectivity index (χ3n) is 5.46. The summed E-state index contributed by atoms with van der Waals surface area (Å²) < 4.78 is 5.14. The van der Waals surface area contributed by atoms with Crippen LogP contribution in [0, 0.1) is 19.3 Å². The Kier molecular flexibility index (Phi) is 5.44. The van der Waals surface area contributed by atoms with Crippen molar-refractivity contribution in [2.75, 3.05) is 19.7 Å². The van der Waals surface area contributed by atoms with Crippen LogP contribution in [-0.4, -0.2) is 52.0 Å². The number of hydrogen-bond donors (Lipinski definition) is 2. The Hall–Kier alpha value is -2.18. The van der Waals surface area contributed by atoms with Gasteiger partial charge >= 0.3 is 0 Å². The van der Waals surface area contributed by atoms with E-state index in [1.165, 1.54) is 0 Å². The molecule has 0 bridgehead atoms. The average Bonchev–Trinajstić information content (AvgIpc) is 2.96. The smallest absolute Gasteiger partial charge is 0.227 e. The van der Waals surface area contributed by atoms with Crippen LogP contribution in [0.25, 0.3) is 0 Å². The van der Waals surface area contributed by atoms with E-state index in [9.17, 15) is 15.0 Å². The molecule has 0 spiro atoms. The number of aliphatic hydroxyl groups excluding tert-OH is 2. The highest BCUT2D eigenvalue weighted by Crippen LogP contribution is 2.34. The first-order chi connectivity index (χ1) is 12.4. The summed E-state index contributed by atoms with van der Waals surface area (Å²) in [6, 6.07) is 9.78. The zero-order valence-corrected chi connectivity index (χ0v) is 15.3. The maximum Gasteiger partial charge on any atom is 0.227 e. The molecule has 6 heteroatoms. The van der Waals surface area contributed by atoms with Gasteiger partial charge in [0.25, 0.3) is 0 Å². The minimum Gasteiger partial charge on any atom is -0.396 e. The fourth-order valence-electron chi connectivity index (χ4n) is 3.77. The SMILES string of the molecule is Cc1noc(C)c1CC(=O)N1CC[C@@H](O)[C@@](CO)(Cc2ccccc2)C1. The molecule has 1 fully saturated rings. The summed E-state index contributed by atoms with van der Waals surface area (Å²) in [5.74, 6) is 0.628. The second-order valence-electron chi connectivity index (χ2n) is 7.28. The quantitative estimate of drug-likeness (QED) is 0.849. The fourth-order valence-corrected chi connectivity index (χ4v) is 3.77. The van der Waals surface area contributed by atoms with Crippen molar-refractivity contribution in [1.82, 2.24) is 10.1 Å². The van der Waals surface area contributed by atoms with Gasteiger partial charge in [-0.05, 0) is 32.3 Å². The molecular weight excluding hydrogens is 332 g/mol. The molecule has 1 saturated heterocycles. The number of amides is 1. The van der Waals surface area contributed by atoms with Crippen molar-refractivity contribution in [2.45, 2.75) is 39.2 Å². The second-order valence-corrected chi connectivity index (χ2v) is 7.28. The topological polar surface area (TPSA) is 86.8 Å². The van der Waals surface area contributed by atoms with Gasteiger partial charge in [-0.3, -0.25) is 4.79 Å². The van der Waals surface area contributed by atoms with E-state index in [4.69, 9.17) is 4.52 Å². The molecule has 2 aromatic rings. The lowest BCUT2D eigenvalue weighted by atomic mass is 9.73. The molecule has 1 aromatic heterocycles. The second kappa shape index (κ2) is 7.60. The fraction of sp³-hybridized carbons (Fsp3) is 0.500. The summed E-state index contributed by atoms with van der Waals surface area (Å²) in [5.41, 5.74) is 1.85. The monoisotopic (exact) mass is 358 g/mol. The summed E-state index contributed by atoms with van der Waals surface area (Å²) in [7, 11) is 0. The van der Waals surface area contributed by atoms with Crippen LogP contribution >= 0.6 is 0 Å². The highest BCUT2D eigenvalue weighted by molar-refractivity contribution is 5.79. The molecule has 0 saturated carbocycles. The number of hydrogen-bond acceptors (Lipinski definition) is 5. The van der Waals surface area contributed by atoms with Crippen molar-refractivity contribution < 1.29 is 19.5 Å². The molecule has 26 heavy (non-hydrogen) atoms. The number of benzene rings is 1. The van der Waals surface area contributed by atoms with E-state index >= 15 is 0 Å². The molecule has 2 N–H and O–H groups in total. The molecule has 2 heterocycles. The first-order valence-corrected chi connectivity index (χ1v) is 8.97. The van der Waals surface area contributed by atoms with Crippen LogP contribution in [0.4, 0.5) is 0 Å². The first-order valence-electron chi connectivity index (χ1n) is 8.97. The van der Waals surface area contributed by atoms with Gasteiger partial charge in [-0.15, -0.1) is 0 Å². The Balaban J connectivity index is 1.76. The number of carbonyl (C=O) groups excluding carboxylic acids is 1. The zero-order chi connectivity index (χ0) is 18.7. The van der Waals surface area contributed by atoms with Crippen LogP contribution in [0.15, 0.2) is 34.9 Å². The number of aryl methyl sites for hydroxylation is 2. The summed E-state index contributed by atoms with van der Waals surface area (Å²) in [5, 5.41) is 24.6. The molecule has 0 aliphatic carbocycles. The summed E-state index contributed by atoms with van der Waals surface area (Å²) in [6.45, 7) is 4.28. The molecule has 6 nitrogen and oxygen atoms in total. The molecular formula is C20H26N2O4. The maximum absolute atomic E-state index is 12.8. The van der Waals surface area contributed by atoms with E-state index in [0.717, 1.165) is 16.8 Å². The van der Waals surface area contributed by atoms with Crippen LogP contribution in [0.3, 0.4) is 0 Å². The Labute approximate surface area is 153 Å². The lowest BCUT2D eigenvalue weighted by Gasteiger charge is -2.45. The van der Waals surface area contributed by atoms with Crippen LogP contribution in [0.1, 0.15) is 29.0 Å². The number of carbonyl (C=O) groups is 1. The number of aromatic nitrogens is 1. The summed E-state index contributed by atoms with van der Waals surface area (Å²) in [6.07, 6.45) is 0.571. The van der Waals surface area contributed by atoms with Crippen molar-refractivity contribution in [3.05, 3.63) is 52.9 Å². The molecule has 2 atom stereocenters. The lowest BCUT2D eigenvalue weighted by Crippen LogP contribution is -2.56. The molecule has 1 aliphatic heterocycles. The van der Waals surface area contributed by atoms with E-state index in [0.29, 0.717) is 31.7 Å². The van der Waals surface area contributed by atoms with E-state index < -0.39 is 11.5 Å². The summed E-state index contributed by atoms with van der Waals surface area (Å²) >= 11 is 0. The normalized spacial score (nSPS) is 23.2. The average molecular weight is 358 g/mol. The van der Waals surface area contributed by atoms with Crippen molar-refractivity contribution >= 4 is 5.91 Å². The molecule has 140 valence electrons. The van der Waals surface area contributed by atoms with Crippen molar-refractivity contribution in [1.29, 1.82) is 0 Å².